The highest BCUT2D eigenvalue weighted by molar-refractivity contribution is 7.92. The van der Waals surface area contributed by atoms with Gasteiger partial charge in [-0.25, -0.2) is 17.6 Å². The van der Waals surface area contributed by atoms with E-state index in [9.17, 15) is 17.6 Å². The first-order chi connectivity index (χ1) is 8.90. The molecule has 7 nitrogen and oxygen atoms in total. The van der Waals surface area contributed by atoms with Crippen molar-refractivity contribution in [3.05, 3.63) is 42.0 Å². The lowest BCUT2D eigenvalue weighted by Gasteiger charge is -2.06. The molecule has 2 aromatic rings. The summed E-state index contributed by atoms with van der Waals surface area (Å²) in [7, 11) is -4.00. The van der Waals surface area contributed by atoms with Crippen LogP contribution in [0.1, 0.15) is 10.4 Å². The number of hydrogen-bond acceptors (Lipinski definition) is 4. The van der Waals surface area contributed by atoms with Gasteiger partial charge in [0.05, 0.1) is 22.3 Å². The van der Waals surface area contributed by atoms with Crippen molar-refractivity contribution in [2.24, 2.45) is 0 Å². The fraction of sp³-hybridized carbons (Fsp3) is 0. The van der Waals surface area contributed by atoms with Crippen molar-refractivity contribution in [2.45, 2.75) is 4.90 Å². The minimum atomic E-state index is -4.00. The standard InChI is InChI=1S/C10H8FN3O4S/c11-9-2-1-7(3-8(9)10(15)16)19(17,18)14-6-4-12-13-5-6/h1-5,14H,(H,12,13)(H,15,16). The lowest BCUT2D eigenvalue weighted by molar-refractivity contribution is 0.0691. The number of anilines is 1. The predicted octanol–water partition coefficient (Wildman–Crippen LogP) is 1.05. The largest absolute Gasteiger partial charge is 0.478 e. The van der Waals surface area contributed by atoms with Gasteiger partial charge in [-0.15, -0.1) is 0 Å². The number of halogens is 1. The molecule has 19 heavy (non-hydrogen) atoms. The number of rotatable bonds is 4. The van der Waals surface area contributed by atoms with Crippen molar-refractivity contribution in [2.75, 3.05) is 4.72 Å². The van der Waals surface area contributed by atoms with Crippen LogP contribution in [0.3, 0.4) is 0 Å². The topological polar surface area (TPSA) is 112 Å². The lowest BCUT2D eigenvalue weighted by Crippen LogP contribution is -2.14. The molecule has 0 aliphatic rings. The zero-order valence-electron chi connectivity index (χ0n) is 9.29. The van der Waals surface area contributed by atoms with Crippen LogP contribution in [0.15, 0.2) is 35.5 Å². The molecule has 0 saturated heterocycles. The van der Waals surface area contributed by atoms with Crippen molar-refractivity contribution in [1.29, 1.82) is 0 Å². The molecule has 0 saturated carbocycles. The van der Waals surface area contributed by atoms with Gasteiger partial charge in [0.2, 0.25) is 0 Å². The lowest BCUT2D eigenvalue weighted by atomic mass is 10.2. The van der Waals surface area contributed by atoms with E-state index in [0.717, 1.165) is 18.2 Å². The smallest absolute Gasteiger partial charge is 0.338 e. The van der Waals surface area contributed by atoms with Gasteiger partial charge in [-0.2, -0.15) is 5.10 Å². The summed E-state index contributed by atoms with van der Waals surface area (Å²) in [5.41, 5.74) is -0.531. The molecule has 2 rings (SSSR count). The fourth-order valence-corrected chi connectivity index (χ4v) is 2.42. The SMILES string of the molecule is O=C(O)c1cc(S(=O)(=O)Nc2cn[nH]c2)ccc1F. The number of carboxylic acid groups (broad SMARTS) is 1. The number of benzene rings is 1. The summed E-state index contributed by atoms with van der Waals surface area (Å²) < 4.78 is 39.2. The Balaban J connectivity index is 2.41. The van der Waals surface area contributed by atoms with Gasteiger partial charge >= 0.3 is 5.97 Å². The van der Waals surface area contributed by atoms with Gasteiger partial charge in [-0.05, 0) is 18.2 Å². The Morgan fingerprint density at radius 3 is 2.74 bits per heavy atom. The average Bonchev–Trinajstić information content (AvgIpc) is 2.80. The molecule has 0 aliphatic heterocycles. The Hall–Kier alpha value is -2.42. The van der Waals surface area contributed by atoms with E-state index in [2.05, 4.69) is 14.9 Å². The summed E-state index contributed by atoms with van der Waals surface area (Å²) in [4.78, 5) is 10.4. The van der Waals surface area contributed by atoms with Gasteiger partial charge < -0.3 is 5.11 Å². The van der Waals surface area contributed by atoms with Crippen LogP contribution in [0.5, 0.6) is 0 Å². The quantitative estimate of drug-likeness (QED) is 0.777. The molecule has 0 atom stereocenters. The number of carbonyl (C=O) groups is 1. The molecule has 100 valence electrons. The van der Waals surface area contributed by atoms with E-state index >= 15 is 0 Å². The predicted molar refractivity (Wildman–Crippen MR) is 62.8 cm³/mol. The van der Waals surface area contributed by atoms with E-state index in [1.54, 1.807) is 0 Å². The van der Waals surface area contributed by atoms with E-state index in [1.165, 1.54) is 12.4 Å². The first kappa shape index (κ1) is 13.0. The summed E-state index contributed by atoms with van der Waals surface area (Å²) >= 11 is 0. The molecule has 9 heteroatoms. The molecule has 0 unspecified atom stereocenters. The Kier molecular flexibility index (Phi) is 3.21. The van der Waals surface area contributed by atoms with E-state index in [1.807, 2.05) is 0 Å². The monoisotopic (exact) mass is 285 g/mol. The molecule has 0 aliphatic carbocycles. The summed E-state index contributed by atoms with van der Waals surface area (Å²) in [6.07, 6.45) is 2.54. The van der Waals surface area contributed by atoms with Crippen LogP contribution in [0.25, 0.3) is 0 Å². The summed E-state index contributed by atoms with van der Waals surface area (Å²) in [6, 6.07) is 2.51. The first-order valence-corrected chi connectivity index (χ1v) is 6.43. The van der Waals surface area contributed by atoms with Gasteiger partial charge in [-0.3, -0.25) is 9.82 Å². The number of sulfonamides is 1. The van der Waals surface area contributed by atoms with Crippen molar-refractivity contribution < 1.29 is 22.7 Å². The van der Waals surface area contributed by atoms with Crippen molar-refractivity contribution in [1.82, 2.24) is 10.2 Å². The van der Waals surface area contributed by atoms with Crippen LogP contribution >= 0.6 is 0 Å². The Morgan fingerprint density at radius 2 is 2.16 bits per heavy atom. The number of aromatic carboxylic acids is 1. The zero-order chi connectivity index (χ0) is 14.0. The van der Waals surface area contributed by atoms with Crippen molar-refractivity contribution in [3.63, 3.8) is 0 Å². The maximum absolute atomic E-state index is 13.2. The summed E-state index contributed by atoms with van der Waals surface area (Å²) in [5.74, 6) is -2.55. The molecule has 0 amide bonds. The third-order valence-corrected chi connectivity index (χ3v) is 3.61. The van der Waals surface area contributed by atoms with E-state index in [4.69, 9.17) is 5.11 Å². The third-order valence-electron chi connectivity index (χ3n) is 2.23. The van der Waals surface area contributed by atoms with Crippen LogP contribution < -0.4 is 4.72 Å². The molecule has 1 heterocycles. The highest BCUT2D eigenvalue weighted by atomic mass is 32.2. The average molecular weight is 285 g/mol. The Bertz CT molecular complexity index is 712. The molecule has 1 aromatic carbocycles. The molecule has 0 bridgehead atoms. The molecule has 0 fully saturated rings. The van der Waals surface area contributed by atoms with Crippen LogP contribution in [0.4, 0.5) is 10.1 Å². The third kappa shape index (κ3) is 2.71. The molecular formula is C10H8FN3O4S. The second kappa shape index (κ2) is 4.69. The van der Waals surface area contributed by atoms with Crippen LogP contribution in [-0.2, 0) is 10.0 Å². The molecule has 1 aromatic heterocycles. The maximum atomic E-state index is 13.2. The number of aromatic amines is 1. The number of H-pyrrole nitrogens is 1. The van der Waals surface area contributed by atoms with E-state index in [0.29, 0.717) is 0 Å². The number of aromatic nitrogens is 2. The molecular weight excluding hydrogens is 277 g/mol. The van der Waals surface area contributed by atoms with Gasteiger partial charge in [0, 0.05) is 6.20 Å². The fourth-order valence-electron chi connectivity index (χ4n) is 1.36. The summed E-state index contributed by atoms with van der Waals surface area (Å²) in [5, 5.41) is 14.7. The zero-order valence-corrected chi connectivity index (χ0v) is 10.1. The number of nitrogens with one attached hydrogen (secondary N) is 2. The number of nitrogens with zero attached hydrogens (tertiary/aromatic N) is 1. The van der Waals surface area contributed by atoms with Gasteiger partial charge in [0.15, 0.2) is 0 Å². The van der Waals surface area contributed by atoms with Crippen LogP contribution in [0.2, 0.25) is 0 Å². The number of hydrogen-bond donors (Lipinski definition) is 3. The second-order valence-corrected chi connectivity index (χ2v) is 5.22. The molecule has 0 spiro atoms. The Morgan fingerprint density at radius 1 is 1.42 bits per heavy atom. The molecule has 3 N–H and O–H groups in total. The van der Waals surface area contributed by atoms with Crippen LogP contribution in [0, 0.1) is 5.82 Å². The minimum absolute atomic E-state index is 0.182. The highest BCUT2D eigenvalue weighted by Crippen LogP contribution is 2.18. The molecule has 0 radical (unpaired) electrons. The van der Waals surface area contributed by atoms with Crippen LogP contribution in [-0.4, -0.2) is 29.7 Å². The minimum Gasteiger partial charge on any atom is -0.478 e. The summed E-state index contributed by atoms with van der Waals surface area (Å²) in [6.45, 7) is 0. The van der Waals surface area contributed by atoms with E-state index < -0.39 is 27.4 Å². The van der Waals surface area contributed by atoms with Crippen molar-refractivity contribution >= 4 is 21.7 Å². The normalized spacial score (nSPS) is 11.2. The van der Waals surface area contributed by atoms with Gasteiger partial charge in [-0.1, -0.05) is 0 Å². The highest BCUT2D eigenvalue weighted by Gasteiger charge is 2.19. The van der Waals surface area contributed by atoms with Gasteiger partial charge in [0.1, 0.15) is 5.82 Å². The van der Waals surface area contributed by atoms with Gasteiger partial charge in [0.25, 0.3) is 10.0 Å². The second-order valence-electron chi connectivity index (χ2n) is 3.54. The van der Waals surface area contributed by atoms with E-state index in [-0.39, 0.29) is 10.6 Å². The maximum Gasteiger partial charge on any atom is 0.338 e. The van der Waals surface area contributed by atoms with Crippen molar-refractivity contribution in [3.8, 4) is 0 Å². The number of carboxylic acids is 1. The first-order valence-electron chi connectivity index (χ1n) is 4.94. The Labute approximate surface area is 107 Å².